The van der Waals surface area contributed by atoms with Crippen molar-refractivity contribution in [2.75, 3.05) is 6.54 Å². The van der Waals surface area contributed by atoms with Crippen molar-refractivity contribution in [3.05, 3.63) is 35.9 Å². The Labute approximate surface area is 147 Å². The maximum Gasteiger partial charge on any atom is 0.407 e. The van der Waals surface area contributed by atoms with E-state index >= 15 is 0 Å². The zero-order valence-corrected chi connectivity index (χ0v) is 15.0. The van der Waals surface area contributed by atoms with Crippen LogP contribution in [0.5, 0.6) is 0 Å². The van der Waals surface area contributed by atoms with Crippen molar-refractivity contribution in [1.82, 2.24) is 5.32 Å². The van der Waals surface area contributed by atoms with Crippen LogP contribution in [0.1, 0.15) is 76.2 Å². The minimum atomic E-state index is -0.308. The SMILES string of the molecule is O=C(NCCCCCCC1CCCCCC1)OCc1ccccc1. The number of alkyl carbamates (subject to hydrolysis) is 1. The summed E-state index contributed by atoms with van der Waals surface area (Å²) >= 11 is 0. The lowest BCUT2D eigenvalue weighted by atomic mass is 9.94. The summed E-state index contributed by atoms with van der Waals surface area (Å²) in [5.41, 5.74) is 1.02. The number of nitrogens with one attached hydrogen (secondary N) is 1. The van der Waals surface area contributed by atoms with Crippen LogP contribution < -0.4 is 5.32 Å². The smallest absolute Gasteiger partial charge is 0.407 e. The molecule has 1 amide bonds. The second-order valence-electron chi connectivity index (χ2n) is 7.05. The molecule has 0 spiro atoms. The number of ether oxygens (including phenoxy) is 1. The molecule has 0 bridgehead atoms. The highest BCUT2D eigenvalue weighted by atomic mass is 16.5. The number of carbonyl (C=O) groups excluding carboxylic acids is 1. The third-order valence-corrected chi connectivity index (χ3v) is 5.00. The summed E-state index contributed by atoms with van der Waals surface area (Å²) in [4.78, 5) is 11.6. The number of hydrogen-bond acceptors (Lipinski definition) is 2. The number of rotatable bonds is 9. The van der Waals surface area contributed by atoms with Gasteiger partial charge in [-0.25, -0.2) is 4.79 Å². The molecular formula is C21H33NO2. The van der Waals surface area contributed by atoms with Crippen LogP contribution in [0.4, 0.5) is 4.79 Å². The Hall–Kier alpha value is -1.51. The fourth-order valence-electron chi connectivity index (χ4n) is 3.53. The van der Waals surface area contributed by atoms with Gasteiger partial charge in [-0.2, -0.15) is 0 Å². The van der Waals surface area contributed by atoms with Gasteiger partial charge in [0.25, 0.3) is 0 Å². The van der Waals surface area contributed by atoms with Crippen LogP contribution in [0.3, 0.4) is 0 Å². The third kappa shape index (κ3) is 8.37. The van der Waals surface area contributed by atoms with Crippen molar-refractivity contribution in [3.63, 3.8) is 0 Å². The molecule has 1 aliphatic rings. The van der Waals surface area contributed by atoms with Crippen molar-refractivity contribution >= 4 is 6.09 Å². The van der Waals surface area contributed by atoms with Gasteiger partial charge in [-0.1, -0.05) is 94.5 Å². The molecule has 0 radical (unpaired) electrons. The molecule has 0 aromatic heterocycles. The van der Waals surface area contributed by atoms with Gasteiger partial charge in [0.15, 0.2) is 0 Å². The Bertz CT molecular complexity index is 438. The molecule has 3 nitrogen and oxygen atoms in total. The molecule has 1 aromatic rings. The Morgan fingerprint density at radius 3 is 2.42 bits per heavy atom. The van der Waals surface area contributed by atoms with Gasteiger partial charge in [0, 0.05) is 6.54 Å². The van der Waals surface area contributed by atoms with Gasteiger partial charge in [0.1, 0.15) is 6.61 Å². The van der Waals surface area contributed by atoms with Crippen molar-refractivity contribution in [1.29, 1.82) is 0 Å². The summed E-state index contributed by atoms with van der Waals surface area (Å²) < 4.78 is 5.20. The highest BCUT2D eigenvalue weighted by Crippen LogP contribution is 2.27. The first-order chi connectivity index (χ1) is 11.8. The quantitative estimate of drug-likeness (QED) is 0.456. The zero-order chi connectivity index (χ0) is 16.9. The molecule has 134 valence electrons. The molecule has 0 aliphatic heterocycles. The minimum Gasteiger partial charge on any atom is -0.445 e. The molecule has 0 unspecified atom stereocenters. The van der Waals surface area contributed by atoms with Crippen LogP contribution in [-0.2, 0) is 11.3 Å². The summed E-state index contributed by atoms with van der Waals surface area (Å²) in [6, 6.07) is 9.78. The second kappa shape index (κ2) is 11.9. The highest BCUT2D eigenvalue weighted by Gasteiger charge is 2.11. The molecule has 24 heavy (non-hydrogen) atoms. The number of unbranched alkanes of at least 4 members (excludes halogenated alkanes) is 3. The number of hydrogen-bond donors (Lipinski definition) is 1. The molecule has 1 aromatic carbocycles. The van der Waals surface area contributed by atoms with Gasteiger partial charge in [-0.15, -0.1) is 0 Å². The van der Waals surface area contributed by atoms with E-state index in [0.717, 1.165) is 24.4 Å². The van der Waals surface area contributed by atoms with Crippen molar-refractivity contribution in [2.24, 2.45) is 5.92 Å². The summed E-state index contributed by atoms with van der Waals surface area (Å²) in [7, 11) is 0. The second-order valence-corrected chi connectivity index (χ2v) is 7.05. The van der Waals surface area contributed by atoms with Gasteiger partial charge < -0.3 is 10.1 Å². The Balaban J connectivity index is 1.41. The summed E-state index contributed by atoms with van der Waals surface area (Å²) in [6.07, 6.45) is 14.7. The van der Waals surface area contributed by atoms with Gasteiger partial charge >= 0.3 is 6.09 Å². The average molecular weight is 331 g/mol. The van der Waals surface area contributed by atoms with Crippen LogP contribution in [0.25, 0.3) is 0 Å². The van der Waals surface area contributed by atoms with Gasteiger partial charge in [-0.05, 0) is 17.9 Å². The largest absolute Gasteiger partial charge is 0.445 e. The summed E-state index contributed by atoms with van der Waals surface area (Å²) in [5, 5.41) is 2.84. The molecule has 2 rings (SSSR count). The predicted molar refractivity (Wildman–Crippen MR) is 98.9 cm³/mol. The van der Waals surface area contributed by atoms with E-state index < -0.39 is 0 Å². The van der Waals surface area contributed by atoms with Crippen LogP contribution >= 0.6 is 0 Å². The zero-order valence-electron chi connectivity index (χ0n) is 15.0. The van der Waals surface area contributed by atoms with Crippen LogP contribution in [0, 0.1) is 5.92 Å². The lowest BCUT2D eigenvalue weighted by Gasteiger charge is -2.13. The molecular weight excluding hydrogens is 298 g/mol. The molecule has 1 aliphatic carbocycles. The standard InChI is InChI=1S/C21H33NO2/c23-21(24-18-20-15-9-5-10-16-20)22-17-11-4-3-8-14-19-12-6-1-2-7-13-19/h5,9-10,15-16,19H,1-4,6-8,11-14,17-18H2,(H,22,23). The summed E-state index contributed by atoms with van der Waals surface area (Å²) in [5.74, 6) is 0.985. The van der Waals surface area contributed by atoms with Crippen molar-refractivity contribution in [2.45, 2.75) is 77.2 Å². The monoisotopic (exact) mass is 331 g/mol. The lowest BCUT2D eigenvalue weighted by Crippen LogP contribution is -2.25. The van der Waals surface area contributed by atoms with Crippen LogP contribution in [-0.4, -0.2) is 12.6 Å². The number of carbonyl (C=O) groups is 1. The highest BCUT2D eigenvalue weighted by molar-refractivity contribution is 5.67. The first kappa shape index (κ1) is 18.8. The van der Waals surface area contributed by atoms with E-state index in [0.29, 0.717) is 6.61 Å². The van der Waals surface area contributed by atoms with E-state index in [1.165, 1.54) is 64.2 Å². The van der Waals surface area contributed by atoms with E-state index in [-0.39, 0.29) is 6.09 Å². The van der Waals surface area contributed by atoms with Crippen LogP contribution in [0.2, 0.25) is 0 Å². The molecule has 0 atom stereocenters. The Morgan fingerprint density at radius 2 is 1.67 bits per heavy atom. The Morgan fingerprint density at radius 1 is 0.958 bits per heavy atom. The maximum atomic E-state index is 11.6. The van der Waals surface area contributed by atoms with Crippen molar-refractivity contribution in [3.8, 4) is 0 Å². The topological polar surface area (TPSA) is 38.3 Å². The minimum absolute atomic E-state index is 0.308. The third-order valence-electron chi connectivity index (χ3n) is 5.00. The van der Waals surface area contributed by atoms with Crippen LogP contribution in [0.15, 0.2) is 30.3 Å². The number of amides is 1. The van der Waals surface area contributed by atoms with Gasteiger partial charge in [0.2, 0.25) is 0 Å². The molecule has 0 saturated heterocycles. The first-order valence-corrected chi connectivity index (χ1v) is 9.79. The molecule has 1 saturated carbocycles. The fraction of sp³-hybridized carbons (Fsp3) is 0.667. The van der Waals surface area contributed by atoms with E-state index in [1.807, 2.05) is 30.3 Å². The average Bonchev–Trinajstić information content (AvgIpc) is 2.89. The van der Waals surface area contributed by atoms with E-state index in [2.05, 4.69) is 5.32 Å². The molecule has 0 heterocycles. The number of benzene rings is 1. The lowest BCUT2D eigenvalue weighted by molar-refractivity contribution is 0.139. The fourth-order valence-corrected chi connectivity index (χ4v) is 3.53. The van der Waals surface area contributed by atoms with Crippen molar-refractivity contribution < 1.29 is 9.53 Å². The van der Waals surface area contributed by atoms with E-state index in [9.17, 15) is 4.79 Å². The predicted octanol–water partition coefficient (Wildman–Crippen LogP) is 5.83. The van der Waals surface area contributed by atoms with Gasteiger partial charge in [0.05, 0.1) is 0 Å². The van der Waals surface area contributed by atoms with E-state index in [1.54, 1.807) is 0 Å². The first-order valence-electron chi connectivity index (χ1n) is 9.79. The Kier molecular flexibility index (Phi) is 9.36. The van der Waals surface area contributed by atoms with Gasteiger partial charge in [-0.3, -0.25) is 0 Å². The van der Waals surface area contributed by atoms with E-state index in [4.69, 9.17) is 4.74 Å². The molecule has 3 heteroatoms. The molecule has 1 N–H and O–H groups in total. The summed E-state index contributed by atoms with van der Waals surface area (Å²) in [6.45, 7) is 1.06. The molecule has 1 fully saturated rings. The maximum absolute atomic E-state index is 11.6. The normalized spacial score (nSPS) is 15.7.